The number of piperazine rings is 2. The molecule has 37 heavy (non-hydrogen) atoms. The Morgan fingerprint density at radius 3 is 2.30 bits per heavy atom. The molecule has 3 heterocycles. The first kappa shape index (κ1) is 28.9. The van der Waals surface area contributed by atoms with Crippen LogP contribution >= 0.6 is 0 Å². The van der Waals surface area contributed by atoms with Gasteiger partial charge in [-0.1, -0.05) is 0 Å². The quantitative estimate of drug-likeness (QED) is 0.220. The molecular weight excluding hydrogens is 482 g/mol. The second-order valence-electron chi connectivity index (χ2n) is 11.1. The molecule has 3 aliphatic rings. The summed E-state index contributed by atoms with van der Waals surface area (Å²) in [6.07, 6.45) is 0.568. The Morgan fingerprint density at radius 1 is 1.08 bits per heavy atom. The summed E-state index contributed by atoms with van der Waals surface area (Å²) in [5, 5.41) is 16.9. The zero-order valence-electron chi connectivity index (χ0n) is 22.5. The smallest absolute Gasteiger partial charge is 0.411 e. The van der Waals surface area contributed by atoms with E-state index in [2.05, 4.69) is 9.80 Å². The molecule has 0 radical (unpaired) electrons. The largest absolute Gasteiger partial charge is 0.480 e. The normalized spacial score (nSPS) is 26.3. The Balaban J connectivity index is 1.41. The number of nitrogens with zero attached hydrogens (tertiary/aromatic N) is 5. The summed E-state index contributed by atoms with van der Waals surface area (Å²) in [6.45, 7) is 13.0. The van der Waals surface area contributed by atoms with E-state index in [0.717, 1.165) is 19.4 Å². The molecule has 0 aliphatic carbocycles. The lowest BCUT2D eigenvalue weighted by Crippen LogP contribution is -2.60. The summed E-state index contributed by atoms with van der Waals surface area (Å²) in [7, 11) is 0. The molecule has 3 atom stereocenters. The third kappa shape index (κ3) is 7.92. The fourth-order valence-corrected chi connectivity index (χ4v) is 5.10. The van der Waals surface area contributed by atoms with E-state index in [-0.39, 0.29) is 30.7 Å². The number of aliphatic carboxylic acids is 1. The van der Waals surface area contributed by atoms with E-state index >= 15 is 0 Å². The zero-order chi connectivity index (χ0) is 27.3. The zero-order valence-corrected chi connectivity index (χ0v) is 22.5. The highest BCUT2D eigenvalue weighted by atomic mass is 16.6. The first-order valence-electron chi connectivity index (χ1n) is 13.1. The number of hydrogen-bond donors (Lipinski definition) is 3. The molecule has 3 fully saturated rings. The standard InChI is InChI=1S/C24H43N7O6/c1-17-21(29-12-9-28(10-13-29)16-19(32)33)36-22(34)30(17)8-6-5-7-27-11-14-31(18(15-27)20(25)26)23(35)37-24(2,3)4/h17-18,21H,5-16H2,1-4H3,(H3,25,26)(H,32,33). The van der Waals surface area contributed by atoms with Gasteiger partial charge in [-0.2, -0.15) is 0 Å². The maximum Gasteiger partial charge on any atom is 0.411 e. The maximum absolute atomic E-state index is 12.6. The van der Waals surface area contributed by atoms with Crippen molar-refractivity contribution in [2.75, 3.05) is 65.4 Å². The molecule has 0 aromatic rings. The number of nitrogens with two attached hydrogens (primary N) is 1. The number of amidine groups is 1. The minimum Gasteiger partial charge on any atom is -0.480 e. The number of nitrogens with one attached hydrogen (secondary N) is 1. The van der Waals surface area contributed by atoms with Crippen LogP contribution in [0, 0.1) is 5.41 Å². The average Bonchev–Trinajstić information content (AvgIpc) is 3.08. The molecule has 13 heteroatoms. The van der Waals surface area contributed by atoms with Crippen LogP contribution in [0.4, 0.5) is 9.59 Å². The van der Waals surface area contributed by atoms with Gasteiger partial charge in [-0.25, -0.2) is 9.59 Å². The Bertz CT molecular complexity index is 842. The molecule has 0 aromatic heterocycles. The highest BCUT2D eigenvalue weighted by Crippen LogP contribution is 2.24. The van der Waals surface area contributed by atoms with Crippen LogP contribution in [-0.4, -0.2) is 143 Å². The van der Waals surface area contributed by atoms with Crippen LogP contribution in [0.25, 0.3) is 0 Å². The Labute approximate surface area is 218 Å². The summed E-state index contributed by atoms with van der Waals surface area (Å²) in [5.41, 5.74) is 5.20. The summed E-state index contributed by atoms with van der Waals surface area (Å²) in [5.74, 6) is -0.888. The van der Waals surface area contributed by atoms with Gasteiger partial charge in [0.2, 0.25) is 0 Å². The van der Waals surface area contributed by atoms with Crippen molar-refractivity contribution in [1.29, 1.82) is 5.41 Å². The number of ether oxygens (including phenoxy) is 2. The third-order valence-electron chi connectivity index (χ3n) is 7.06. The lowest BCUT2D eigenvalue weighted by Gasteiger charge is -2.41. The van der Waals surface area contributed by atoms with E-state index < -0.39 is 23.7 Å². The van der Waals surface area contributed by atoms with Crippen LogP contribution in [0.5, 0.6) is 0 Å². The molecule has 2 amide bonds. The predicted molar refractivity (Wildman–Crippen MR) is 136 cm³/mol. The van der Waals surface area contributed by atoms with E-state index in [1.165, 1.54) is 4.90 Å². The van der Waals surface area contributed by atoms with Gasteiger partial charge in [0, 0.05) is 52.4 Å². The number of carbonyl (C=O) groups excluding carboxylic acids is 2. The molecule has 3 unspecified atom stereocenters. The molecule has 3 aliphatic heterocycles. The molecule has 0 saturated carbocycles. The van der Waals surface area contributed by atoms with Gasteiger partial charge >= 0.3 is 18.2 Å². The lowest BCUT2D eigenvalue weighted by molar-refractivity contribution is -0.139. The third-order valence-corrected chi connectivity index (χ3v) is 7.06. The van der Waals surface area contributed by atoms with Crippen LogP contribution in [-0.2, 0) is 14.3 Å². The summed E-state index contributed by atoms with van der Waals surface area (Å²) < 4.78 is 11.2. The average molecular weight is 526 g/mol. The number of cyclic esters (lactones) is 1. The van der Waals surface area contributed by atoms with Crippen molar-refractivity contribution in [1.82, 2.24) is 24.5 Å². The van der Waals surface area contributed by atoms with Crippen LogP contribution < -0.4 is 5.73 Å². The Morgan fingerprint density at radius 2 is 1.70 bits per heavy atom. The van der Waals surface area contributed by atoms with E-state index in [0.29, 0.717) is 52.4 Å². The highest BCUT2D eigenvalue weighted by molar-refractivity contribution is 5.87. The van der Waals surface area contributed by atoms with Gasteiger partial charge in [0.05, 0.1) is 12.6 Å². The number of rotatable bonds is 9. The number of unbranched alkanes of at least 4 members (excludes halogenated alkanes) is 1. The predicted octanol–water partition coefficient (Wildman–Crippen LogP) is 0.493. The number of carboxylic acids is 1. The van der Waals surface area contributed by atoms with Crippen molar-refractivity contribution in [3.8, 4) is 0 Å². The van der Waals surface area contributed by atoms with Crippen LogP contribution in [0.2, 0.25) is 0 Å². The molecule has 13 nitrogen and oxygen atoms in total. The van der Waals surface area contributed by atoms with Crippen molar-refractivity contribution in [2.24, 2.45) is 5.73 Å². The van der Waals surface area contributed by atoms with Crippen molar-refractivity contribution >= 4 is 24.0 Å². The summed E-state index contributed by atoms with van der Waals surface area (Å²) >= 11 is 0. The topological polar surface area (TPSA) is 156 Å². The molecule has 0 bridgehead atoms. The van der Waals surface area contributed by atoms with E-state index in [1.54, 1.807) is 4.90 Å². The fourth-order valence-electron chi connectivity index (χ4n) is 5.10. The van der Waals surface area contributed by atoms with Gasteiger partial charge in [0.15, 0.2) is 6.23 Å². The molecule has 4 N–H and O–H groups in total. The van der Waals surface area contributed by atoms with Gasteiger partial charge in [-0.05, 0) is 47.1 Å². The first-order valence-corrected chi connectivity index (χ1v) is 13.1. The Hall–Kier alpha value is -2.64. The lowest BCUT2D eigenvalue weighted by atomic mass is 10.1. The van der Waals surface area contributed by atoms with Gasteiger partial charge < -0.3 is 25.2 Å². The van der Waals surface area contributed by atoms with Gasteiger partial charge in [-0.3, -0.25) is 29.8 Å². The molecule has 3 rings (SSSR count). The number of carboxylic acid groups (broad SMARTS) is 1. The minimum absolute atomic E-state index is 0.0309. The van der Waals surface area contributed by atoms with Crippen molar-refractivity contribution in [3.05, 3.63) is 0 Å². The highest BCUT2D eigenvalue weighted by Gasteiger charge is 2.42. The maximum atomic E-state index is 12.6. The van der Waals surface area contributed by atoms with Gasteiger partial charge in [-0.15, -0.1) is 0 Å². The van der Waals surface area contributed by atoms with E-state index in [4.69, 9.17) is 25.7 Å². The SMILES string of the molecule is CC1C(N2CCN(CC(=O)O)CC2)OC(=O)N1CCCCN1CCN(C(=O)OC(C)(C)C)C(C(=N)N)C1. The van der Waals surface area contributed by atoms with E-state index in [9.17, 15) is 14.4 Å². The Kier molecular flexibility index (Phi) is 9.59. The number of carbonyl (C=O) groups is 3. The van der Waals surface area contributed by atoms with Gasteiger partial charge in [0.1, 0.15) is 17.5 Å². The van der Waals surface area contributed by atoms with Crippen molar-refractivity contribution < 1.29 is 29.0 Å². The molecule has 210 valence electrons. The minimum atomic E-state index is -0.831. The molecule has 0 spiro atoms. The van der Waals surface area contributed by atoms with Crippen LogP contribution in [0.1, 0.15) is 40.5 Å². The fraction of sp³-hybridized carbons (Fsp3) is 0.833. The molecule has 3 saturated heterocycles. The summed E-state index contributed by atoms with van der Waals surface area (Å²) in [6, 6.07) is -0.605. The van der Waals surface area contributed by atoms with Crippen LogP contribution in [0.15, 0.2) is 0 Å². The van der Waals surface area contributed by atoms with Crippen LogP contribution in [0.3, 0.4) is 0 Å². The van der Waals surface area contributed by atoms with Gasteiger partial charge in [0.25, 0.3) is 0 Å². The second-order valence-corrected chi connectivity index (χ2v) is 11.1. The number of amides is 2. The number of hydrogen-bond acceptors (Lipinski definition) is 9. The summed E-state index contributed by atoms with van der Waals surface area (Å²) in [4.78, 5) is 45.5. The molecule has 0 aromatic carbocycles. The monoisotopic (exact) mass is 525 g/mol. The van der Waals surface area contributed by atoms with Crippen molar-refractivity contribution in [3.63, 3.8) is 0 Å². The first-order chi connectivity index (χ1) is 17.4. The molecular formula is C24H43N7O6. The second kappa shape index (κ2) is 12.3. The van der Waals surface area contributed by atoms with E-state index in [1.807, 2.05) is 32.6 Å². The van der Waals surface area contributed by atoms with Crippen molar-refractivity contribution in [2.45, 2.75) is 64.4 Å².